The van der Waals surface area contributed by atoms with Gasteiger partial charge in [0.05, 0.1) is 6.10 Å². The molecule has 0 saturated heterocycles. The van der Waals surface area contributed by atoms with Crippen LogP contribution in [-0.2, 0) is 4.74 Å². The lowest BCUT2D eigenvalue weighted by Crippen LogP contribution is -2.19. The zero-order valence-electron chi connectivity index (χ0n) is 9.02. The number of hydrogen-bond donors (Lipinski definition) is 1. The van der Waals surface area contributed by atoms with Crippen LogP contribution in [0.15, 0.2) is 16.8 Å². The first-order valence-corrected chi connectivity index (χ1v) is 6.68. The highest BCUT2D eigenvalue weighted by Crippen LogP contribution is 2.30. The van der Waals surface area contributed by atoms with E-state index in [4.69, 9.17) is 10.5 Å². The zero-order valence-corrected chi connectivity index (χ0v) is 9.84. The van der Waals surface area contributed by atoms with E-state index in [0.717, 1.165) is 12.5 Å². The minimum Gasteiger partial charge on any atom is -0.372 e. The molecule has 1 fully saturated rings. The van der Waals surface area contributed by atoms with Crippen molar-refractivity contribution in [3.63, 3.8) is 0 Å². The van der Waals surface area contributed by atoms with Crippen molar-refractivity contribution in [1.29, 1.82) is 0 Å². The Hall–Kier alpha value is -0.380. The van der Waals surface area contributed by atoms with Crippen LogP contribution in [0.1, 0.15) is 37.4 Å². The Bertz CT molecular complexity index is 269. The molecule has 0 aromatic carbocycles. The Balaban J connectivity index is 1.71. The van der Waals surface area contributed by atoms with Crippen molar-refractivity contribution in [2.24, 2.45) is 11.7 Å². The summed E-state index contributed by atoms with van der Waals surface area (Å²) in [5.41, 5.74) is 6.94. The first-order chi connectivity index (χ1) is 7.40. The van der Waals surface area contributed by atoms with Crippen molar-refractivity contribution >= 4 is 11.3 Å². The number of hydrogen-bond acceptors (Lipinski definition) is 3. The average Bonchev–Trinajstić information content (AvgIpc) is 2.68. The van der Waals surface area contributed by atoms with E-state index in [9.17, 15) is 0 Å². The van der Waals surface area contributed by atoms with Gasteiger partial charge in [0.25, 0.3) is 0 Å². The van der Waals surface area contributed by atoms with Crippen molar-refractivity contribution < 1.29 is 4.74 Å². The van der Waals surface area contributed by atoms with Crippen molar-refractivity contribution in [3.05, 3.63) is 22.4 Å². The summed E-state index contributed by atoms with van der Waals surface area (Å²) < 4.78 is 5.82. The maximum Gasteiger partial charge on any atom is 0.0955 e. The van der Waals surface area contributed by atoms with E-state index in [1.807, 2.05) is 0 Å². The highest BCUT2D eigenvalue weighted by atomic mass is 32.1. The molecule has 0 bridgehead atoms. The van der Waals surface area contributed by atoms with Crippen LogP contribution in [0.5, 0.6) is 0 Å². The van der Waals surface area contributed by atoms with Crippen LogP contribution < -0.4 is 5.73 Å². The van der Waals surface area contributed by atoms with Gasteiger partial charge in [0.2, 0.25) is 0 Å². The molecule has 3 heteroatoms. The lowest BCUT2D eigenvalue weighted by Gasteiger charge is -2.26. The molecule has 1 aliphatic rings. The number of nitrogens with two attached hydrogens (primary N) is 1. The number of thiophene rings is 1. The van der Waals surface area contributed by atoms with E-state index >= 15 is 0 Å². The predicted octanol–water partition coefficient (Wildman–Crippen LogP) is 2.95. The van der Waals surface area contributed by atoms with Gasteiger partial charge in [0.1, 0.15) is 0 Å². The summed E-state index contributed by atoms with van der Waals surface area (Å²) in [6, 6.07) is 2.10. The van der Waals surface area contributed by atoms with Crippen LogP contribution in [0.25, 0.3) is 0 Å². The SMILES string of the molecule is NCC(OCCC1CCC1)c1ccsc1. The number of rotatable bonds is 6. The van der Waals surface area contributed by atoms with Gasteiger partial charge in [-0.3, -0.25) is 0 Å². The molecule has 1 aromatic heterocycles. The number of ether oxygens (including phenoxy) is 1. The van der Waals surface area contributed by atoms with Crippen LogP contribution in [0, 0.1) is 5.92 Å². The van der Waals surface area contributed by atoms with Crippen molar-refractivity contribution in [2.45, 2.75) is 31.8 Å². The Labute approximate surface area is 95.4 Å². The van der Waals surface area contributed by atoms with Crippen LogP contribution in [0.2, 0.25) is 0 Å². The topological polar surface area (TPSA) is 35.2 Å². The molecule has 1 atom stereocenters. The smallest absolute Gasteiger partial charge is 0.0955 e. The highest BCUT2D eigenvalue weighted by molar-refractivity contribution is 7.07. The fourth-order valence-electron chi connectivity index (χ4n) is 1.92. The van der Waals surface area contributed by atoms with Gasteiger partial charge in [-0.25, -0.2) is 0 Å². The van der Waals surface area contributed by atoms with E-state index in [2.05, 4.69) is 16.8 Å². The van der Waals surface area contributed by atoms with Gasteiger partial charge in [-0.15, -0.1) is 0 Å². The third-order valence-corrected chi connectivity index (χ3v) is 3.90. The molecule has 84 valence electrons. The second kappa shape index (κ2) is 5.64. The largest absolute Gasteiger partial charge is 0.372 e. The summed E-state index contributed by atoms with van der Waals surface area (Å²) in [5, 5.41) is 4.20. The van der Waals surface area contributed by atoms with Crippen molar-refractivity contribution in [3.8, 4) is 0 Å². The molecule has 2 nitrogen and oxygen atoms in total. The first-order valence-electron chi connectivity index (χ1n) is 5.74. The molecule has 1 aromatic rings. The Kier molecular flexibility index (Phi) is 4.18. The first kappa shape index (κ1) is 11.1. The lowest BCUT2D eigenvalue weighted by atomic mass is 9.83. The molecular formula is C12H19NOS. The lowest BCUT2D eigenvalue weighted by molar-refractivity contribution is 0.0426. The zero-order chi connectivity index (χ0) is 10.5. The van der Waals surface area contributed by atoms with Crippen LogP contribution >= 0.6 is 11.3 Å². The summed E-state index contributed by atoms with van der Waals surface area (Å²) in [6.45, 7) is 1.45. The van der Waals surface area contributed by atoms with E-state index in [1.54, 1.807) is 11.3 Å². The molecule has 0 radical (unpaired) electrons. The Morgan fingerprint density at radius 3 is 2.93 bits per heavy atom. The van der Waals surface area contributed by atoms with E-state index in [-0.39, 0.29) is 6.10 Å². The summed E-state index contributed by atoms with van der Waals surface area (Å²) in [5.74, 6) is 0.922. The minimum atomic E-state index is 0.108. The molecule has 0 aliphatic heterocycles. The second-order valence-electron chi connectivity index (χ2n) is 4.24. The average molecular weight is 225 g/mol. The van der Waals surface area contributed by atoms with Gasteiger partial charge in [-0.05, 0) is 34.7 Å². The fourth-order valence-corrected chi connectivity index (χ4v) is 2.62. The molecule has 1 heterocycles. The molecule has 1 saturated carbocycles. The second-order valence-corrected chi connectivity index (χ2v) is 5.02. The quantitative estimate of drug-likeness (QED) is 0.808. The Morgan fingerprint density at radius 1 is 1.53 bits per heavy atom. The van der Waals surface area contributed by atoms with Gasteiger partial charge in [0.15, 0.2) is 0 Å². The Morgan fingerprint density at radius 2 is 2.40 bits per heavy atom. The summed E-state index contributed by atoms with van der Waals surface area (Å²) in [6.07, 6.45) is 5.52. The third-order valence-electron chi connectivity index (χ3n) is 3.20. The van der Waals surface area contributed by atoms with E-state index in [0.29, 0.717) is 6.54 Å². The van der Waals surface area contributed by atoms with Crippen molar-refractivity contribution in [2.75, 3.05) is 13.2 Å². The molecule has 2 rings (SSSR count). The van der Waals surface area contributed by atoms with Gasteiger partial charge < -0.3 is 10.5 Å². The van der Waals surface area contributed by atoms with Gasteiger partial charge in [0, 0.05) is 13.2 Å². The summed E-state index contributed by atoms with van der Waals surface area (Å²) >= 11 is 1.70. The maximum atomic E-state index is 5.82. The molecule has 0 spiro atoms. The van der Waals surface area contributed by atoms with Crippen LogP contribution in [-0.4, -0.2) is 13.2 Å². The van der Waals surface area contributed by atoms with E-state index < -0.39 is 0 Å². The van der Waals surface area contributed by atoms with Gasteiger partial charge in [-0.2, -0.15) is 11.3 Å². The van der Waals surface area contributed by atoms with Crippen molar-refractivity contribution in [1.82, 2.24) is 0 Å². The third kappa shape index (κ3) is 3.03. The molecule has 15 heavy (non-hydrogen) atoms. The van der Waals surface area contributed by atoms with Gasteiger partial charge >= 0.3 is 0 Å². The normalized spacial score (nSPS) is 18.7. The molecule has 1 unspecified atom stereocenters. The molecule has 2 N–H and O–H groups in total. The summed E-state index contributed by atoms with van der Waals surface area (Å²) in [7, 11) is 0. The van der Waals surface area contributed by atoms with Crippen LogP contribution in [0.4, 0.5) is 0 Å². The molecule has 0 amide bonds. The van der Waals surface area contributed by atoms with Crippen LogP contribution in [0.3, 0.4) is 0 Å². The molecular weight excluding hydrogens is 206 g/mol. The maximum absolute atomic E-state index is 5.82. The van der Waals surface area contributed by atoms with E-state index in [1.165, 1.54) is 31.2 Å². The standard InChI is InChI=1S/C12H19NOS/c13-8-12(11-5-7-15-9-11)14-6-4-10-2-1-3-10/h5,7,9-10,12H,1-4,6,8,13H2. The fraction of sp³-hybridized carbons (Fsp3) is 0.667. The predicted molar refractivity (Wildman–Crippen MR) is 64.0 cm³/mol. The molecule has 1 aliphatic carbocycles. The highest BCUT2D eigenvalue weighted by Gasteiger charge is 2.18. The monoisotopic (exact) mass is 225 g/mol. The van der Waals surface area contributed by atoms with Gasteiger partial charge in [-0.1, -0.05) is 19.3 Å². The summed E-state index contributed by atoms with van der Waals surface area (Å²) in [4.78, 5) is 0. The minimum absolute atomic E-state index is 0.108.